The number of carbonyl (C=O) groups excluding carboxylic acids is 1. The predicted molar refractivity (Wildman–Crippen MR) is 96.6 cm³/mol. The average Bonchev–Trinajstić information content (AvgIpc) is 2.95. The van der Waals surface area contributed by atoms with E-state index in [1.807, 2.05) is 50.2 Å². The summed E-state index contributed by atoms with van der Waals surface area (Å²) in [6.07, 6.45) is 0. The van der Waals surface area contributed by atoms with Crippen LogP contribution in [-0.2, 0) is 4.79 Å². The number of benzene rings is 1. The van der Waals surface area contributed by atoms with Crippen LogP contribution in [0.2, 0.25) is 0 Å². The van der Waals surface area contributed by atoms with Crippen molar-refractivity contribution in [1.29, 1.82) is 0 Å². The van der Waals surface area contributed by atoms with Gasteiger partial charge in [0, 0.05) is 17.9 Å². The second-order valence-electron chi connectivity index (χ2n) is 5.35. The van der Waals surface area contributed by atoms with Gasteiger partial charge < -0.3 is 9.88 Å². The standard InChI is InChI=1S/C17H18N4O2S/c1-3-21(12-7-5-4-6-8-12)14(22)10-24-17-19-13-9-11(2)18-15(13)16(23)20-17/h4-9,18H,3,10H2,1-2H3,(H,19,20,23). The number of anilines is 1. The third-order valence-corrected chi connectivity index (χ3v) is 4.48. The largest absolute Gasteiger partial charge is 0.353 e. The first kappa shape index (κ1) is 16.3. The summed E-state index contributed by atoms with van der Waals surface area (Å²) in [6, 6.07) is 11.3. The third-order valence-electron chi connectivity index (χ3n) is 3.62. The Bertz CT molecular complexity index is 917. The van der Waals surface area contributed by atoms with Crippen molar-refractivity contribution in [2.45, 2.75) is 19.0 Å². The van der Waals surface area contributed by atoms with Gasteiger partial charge in [-0.1, -0.05) is 30.0 Å². The number of carbonyl (C=O) groups is 1. The maximum absolute atomic E-state index is 12.5. The van der Waals surface area contributed by atoms with Crippen molar-refractivity contribution in [1.82, 2.24) is 15.0 Å². The Hall–Kier alpha value is -2.54. The maximum Gasteiger partial charge on any atom is 0.275 e. The van der Waals surface area contributed by atoms with Crippen molar-refractivity contribution in [2.24, 2.45) is 0 Å². The molecule has 6 nitrogen and oxygen atoms in total. The summed E-state index contributed by atoms with van der Waals surface area (Å²) in [6.45, 7) is 4.39. The number of rotatable bonds is 5. The van der Waals surface area contributed by atoms with Crippen LogP contribution < -0.4 is 10.5 Å². The van der Waals surface area contributed by atoms with Crippen molar-refractivity contribution < 1.29 is 4.79 Å². The van der Waals surface area contributed by atoms with Gasteiger partial charge in [-0.05, 0) is 32.0 Å². The predicted octanol–water partition coefficient (Wildman–Crippen LogP) is 2.70. The van der Waals surface area contributed by atoms with Gasteiger partial charge in [0.15, 0.2) is 5.16 Å². The number of fused-ring (bicyclic) bond motifs is 1. The lowest BCUT2D eigenvalue weighted by molar-refractivity contribution is -0.116. The zero-order valence-corrected chi connectivity index (χ0v) is 14.3. The minimum absolute atomic E-state index is 0.0262. The van der Waals surface area contributed by atoms with E-state index in [4.69, 9.17) is 0 Å². The summed E-state index contributed by atoms with van der Waals surface area (Å²) in [5, 5.41) is 0.448. The molecule has 0 atom stereocenters. The van der Waals surface area contributed by atoms with Gasteiger partial charge in [0.05, 0.1) is 11.3 Å². The third kappa shape index (κ3) is 3.35. The zero-order chi connectivity index (χ0) is 17.1. The normalized spacial score (nSPS) is 10.9. The number of thioether (sulfide) groups is 1. The van der Waals surface area contributed by atoms with Crippen molar-refractivity contribution in [3.05, 3.63) is 52.4 Å². The molecular weight excluding hydrogens is 324 g/mol. The molecule has 0 spiro atoms. The molecule has 0 unspecified atom stereocenters. The van der Waals surface area contributed by atoms with Crippen molar-refractivity contribution in [3.63, 3.8) is 0 Å². The molecule has 0 saturated carbocycles. The molecule has 3 rings (SSSR count). The molecule has 0 aliphatic rings. The van der Waals surface area contributed by atoms with Crippen LogP contribution in [0.5, 0.6) is 0 Å². The highest BCUT2D eigenvalue weighted by molar-refractivity contribution is 7.99. The molecular formula is C17H18N4O2S. The molecule has 124 valence electrons. The van der Waals surface area contributed by atoms with E-state index in [0.717, 1.165) is 11.4 Å². The van der Waals surface area contributed by atoms with Crippen LogP contribution in [0.3, 0.4) is 0 Å². The fourth-order valence-electron chi connectivity index (χ4n) is 2.52. The Kier molecular flexibility index (Phi) is 4.71. The van der Waals surface area contributed by atoms with Crippen LogP contribution in [0, 0.1) is 6.92 Å². The van der Waals surface area contributed by atoms with E-state index in [9.17, 15) is 9.59 Å². The molecule has 0 bridgehead atoms. The van der Waals surface area contributed by atoms with Gasteiger partial charge in [-0.2, -0.15) is 0 Å². The van der Waals surface area contributed by atoms with Crippen LogP contribution >= 0.6 is 11.8 Å². The Labute approximate surface area is 143 Å². The number of aryl methyl sites for hydroxylation is 1. The fourth-order valence-corrected chi connectivity index (χ4v) is 3.26. The van der Waals surface area contributed by atoms with Gasteiger partial charge in [0.25, 0.3) is 5.56 Å². The van der Waals surface area contributed by atoms with Crippen molar-refractivity contribution in [3.8, 4) is 0 Å². The number of hydrogen-bond donors (Lipinski definition) is 2. The lowest BCUT2D eigenvalue weighted by Crippen LogP contribution is -2.32. The molecule has 2 aromatic heterocycles. The molecule has 0 aliphatic carbocycles. The first-order valence-electron chi connectivity index (χ1n) is 7.66. The lowest BCUT2D eigenvalue weighted by Gasteiger charge is -2.20. The smallest absolute Gasteiger partial charge is 0.275 e. The van der Waals surface area contributed by atoms with E-state index in [1.54, 1.807) is 4.90 Å². The van der Waals surface area contributed by atoms with Gasteiger partial charge in [0.1, 0.15) is 5.52 Å². The van der Waals surface area contributed by atoms with E-state index in [-0.39, 0.29) is 17.2 Å². The molecule has 2 heterocycles. The van der Waals surface area contributed by atoms with Crippen LogP contribution in [0.25, 0.3) is 11.0 Å². The number of H-pyrrole nitrogens is 2. The molecule has 3 aromatic rings. The topological polar surface area (TPSA) is 81.8 Å². The van der Waals surface area contributed by atoms with Gasteiger partial charge in [0.2, 0.25) is 5.91 Å². The molecule has 0 saturated heterocycles. The minimum atomic E-state index is -0.224. The number of hydrogen-bond acceptors (Lipinski definition) is 4. The molecule has 7 heteroatoms. The molecule has 24 heavy (non-hydrogen) atoms. The maximum atomic E-state index is 12.5. The van der Waals surface area contributed by atoms with Crippen LogP contribution in [0.15, 0.2) is 46.3 Å². The van der Waals surface area contributed by atoms with Gasteiger partial charge in [-0.25, -0.2) is 4.98 Å². The fraction of sp³-hybridized carbons (Fsp3) is 0.235. The highest BCUT2D eigenvalue weighted by Crippen LogP contribution is 2.19. The number of para-hydroxylation sites is 1. The van der Waals surface area contributed by atoms with E-state index < -0.39 is 0 Å². The summed E-state index contributed by atoms with van der Waals surface area (Å²) in [7, 11) is 0. The summed E-state index contributed by atoms with van der Waals surface area (Å²) in [5.74, 6) is 0.183. The number of amides is 1. The van der Waals surface area contributed by atoms with Crippen LogP contribution in [0.4, 0.5) is 5.69 Å². The number of nitrogens with zero attached hydrogens (tertiary/aromatic N) is 2. The lowest BCUT2D eigenvalue weighted by atomic mass is 10.3. The molecule has 1 amide bonds. The van der Waals surface area contributed by atoms with E-state index in [0.29, 0.717) is 22.7 Å². The van der Waals surface area contributed by atoms with Gasteiger partial charge in [-0.3, -0.25) is 14.6 Å². The quantitative estimate of drug-likeness (QED) is 0.552. The minimum Gasteiger partial charge on any atom is -0.353 e. The number of aromatic nitrogens is 3. The highest BCUT2D eigenvalue weighted by atomic mass is 32.2. The molecule has 0 radical (unpaired) electrons. The Morgan fingerprint density at radius 3 is 2.71 bits per heavy atom. The van der Waals surface area contributed by atoms with Crippen LogP contribution in [0.1, 0.15) is 12.6 Å². The number of nitrogens with one attached hydrogen (secondary N) is 2. The van der Waals surface area contributed by atoms with Crippen LogP contribution in [-0.4, -0.2) is 33.2 Å². The summed E-state index contributed by atoms with van der Waals surface area (Å²) in [4.78, 5) is 36.3. The van der Waals surface area contributed by atoms with E-state index >= 15 is 0 Å². The summed E-state index contributed by atoms with van der Waals surface area (Å²) >= 11 is 1.23. The molecule has 0 fully saturated rings. The second kappa shape index (κ2) is 6.92. The van der Waals surface area contributed by atoms with Crippen molar-refractivity contribution in [2.75, 3.05) is 17.2 Å². The Morgan fingerprint density at radius 2 is 2.00 bits per heavy atom. The zero-order valence-electron chi connectivity index (χ0n) is 13.5. The van der Waals surface area contributed by atoms with Gasteiger partial charge >= 0.3 is 0 Å². The summed E-state index contributed by atoms with van der Waals surface area (Å²) < 4.78 is 0. The van der Waals surface area contributed by atoms with Gasteiger partial charge in [-0.15, -0.1) is 0 Å². The van der Waals surface area contributed by atoms with Crippen molar-refractivity contribution >= 4 is 34.4 Å². The van der Waals surface area contributed by atoms with E-state index in [1.165, 1.54) is 11.8 Å². The SMILES string of the molecule is CCN(C(=O)CSc1nc2cc(C)[nH]c2c(=O)[nH]1)c1ccccc1. The first-order chi connectivity index (χ1) is 11.6. The number of aromatic amines is 2. The molecule has 1 aromatic carbocycles. The monoisotopic (exact) mass is 342 g/mol. The molecule has 0 aliphatic heterocycles. The highest BCUT2D eigenvalue weighted by Gasteiger charge is 2.15. The van der Waals surface area contributed by atoms with E-state index in [2.05, 4.69) is 15.0 Å². The molecule has 2 N–H and O–H groups in total. The Balaban J connectivity index is 1.75. The second-order valence-corrected chi connectivity index (χ2v) is 6.31. The summed E-state index contributed by atoms with van der Waals surface area (Å²) in [5.41, 5.74) is 2.59. The Morgan fingerprint density at radius 1 is 1.25 bits per heavy atom. The average molecular weight is 342 g/mol. The first-order valence-corrected chi connectivity index (χ1v) is 8.65.